The van der Waals surface area contributed by atoms with Crippen molar-refractivity contribution in [2.24, 2.45) is 0 Å². The normalized spacial score (nSPS) is 10.2. The third kappa shape index (κ3) is 3.78. The first kappa shape index (κ1) is 15.0. The summed E-state index contributed by atoms with van der Waals surface area (Å²) in [7, 11) is 0. The highest BCUT2D eigenvalue weighted by atomic mass is 16.1. The highest BCUT2D eigenvalue weighted by molar-refractivity contribution is 6.03. The molecule has 5 nitrogen and oxygen atoms in total. The second kappa shape index (κ2) is 6.83. The lowest BCUT2D eigenvalue weighted by Gasteiger charge is -2.18. The van der Waals surface area contributed by atoms with Gasteiger partial charge in [0.05, 0.1) is 0 Å². The fourth-order valence-electron chi connectivity index (χ4n) is 2.05. The topological polar surface area (TPSA) is 58.1 Å². The second-order valence-corrected chi connectivity index (χ2v) is 4.74. The van der Waals surface area contributed by atoms with Gasteiger partial charge in [0.25, 0.3) is 5.91 Å². The van der Waals surface area contributed by atoms with Gasteiger partial charge in [-0.1, -0.05) is 12.1 Å². The van der Waals surface area contributed by atoms with Crippen molar-refractivity contribution in [1.29, 1.82) is 0 Å². The van der Waals surface area contributed by atoms with Gasteiger partial charge >= 0.3 is 0 Å². The molecule has 5 heteroatoms. The molecule has 0 fully saturated rings. The highest BCUT2D eigenvalue weighted by Gasteiger charge is 2.11. The van der Waals surface area contributed by atoms with Crippen molar-refractivity contribution in [3.8, 4) is 0 Å². The third-order valence-corrected chi connectivity index (χ3v) is 3.20. The van der Waals surface area contributed by atoms with Gasteiger partial charge in [-0.2, -0.15) is 0 Å². The van der Waals surface area contributed by atoms with E-state index in [0.29, 0.717) is 11.6 Å². The van der Waals surface area contributed by atoms with E-state index in [0.717, 1.165) is 24.3 Å². The summed E-state index contributed by atoms with van der Waals surface area (Å²) >= 11 is 0. The smallest absolute Gasteiger partial charge is 0.274 e. The first-order valence-electron chi connectivity index (χ1n) is 7.10. The van der Waals surface area contributed by atoms with Crippen LogP contribution in [0, 0.1) is 6.92 Å². The predicted octanol–water partition coefficient (Wildman–Crippen LogP) is 2.88. The van der Waals surface area contributed by atoms with Gasteiger partial charge in [-0.05, 0) is 44.5 Å². The van der Waals surface area contributed by atoms with Crippen molar-refractivity contribution >= 4 is 17.5 Å². The van der Waals surface area contributed by atoms with E-state index < -0.39 is 0 Å². The molecule has 1 heterocycles. The van der Waals surface area contributed by atoms with E-state index in [1.54, 1.807) is 12.3 Å². The molecule has 0 aliphatic rings. The lowest BCUT2D eigenvalue weighted by atomic mass is 10.2. The van der Waals surface area contributed by atoms with Crippen LogP contribution in [-0.2, 0) is 0 Å². The number of benzene rings is 1. The summed E-state index contributed by atoms with van der Waals surface area (Å²) in [5.41, 5.74) is 2.23. The molecule has 0 unspecified atom stereocenters. The summed E-state index contributed by atoms with van der Waals surface area (Å²) < 4.78 is 0. The van der Waals surface area contributed by atoms with E-state index >= 15 is 0 Å². The molecule has 2 rings (SSSR count). The average molecular weight is 284 g/mol. The lowest BCUT2D eigenvalue weighted by molar-refractivity contribution is 0.102. The molecule has 0 atom stereocenters. The summed E-state index contributed by atoms with van der Waals surface area (Å²) in [4.78, 5) is 22.8. The van der Waals surface area contributed by atoms with E-state index in [1.807, 2.05) is 49.9 Å². The van der Waals surface area contributed by atoms with E-state index in [4.69, 9.17) is 0 Å². The van der Waals surface area contributed by atoms with Gasteiger partial charge in [-0.3, -0.25) is 4.79 Å². The molecule has 0 bridgehead atoms. The maximum absolute atomic E-state index is 12.3. The highest BCUT2D eigenvalue weighted by Crippen LogP contribution is 2.12. The fourth-order valence-corrected chi connectivity index (χ4v) is 2.05. The lowest BCUT2D eigenvalue weighted by Crippen LogP contribution is -2.25. The molecule has 21 heavy (non-hydrogen) atoms. The van der Waals surface area contributed by atoms with Crippen LogP contribution in [0.4, 0.5) is 11.6 Å². The Morgan fingerprint density at radius 2 is 2.00 bits per heavy atom. The van der Waals surface area contributed by atoms with Crippen LogP contribution < -0.4 is 10.2 Å². The van der Waals surface area contributed by atoms with Gasteiger partial charge in [0.1, 0.15) is 5.69 Å². The second-order valence-electron chi connectivity index (χ2n) is 4.74. The molecule has 0 saturated heterocycles. The van der Waals surface area contributed by atoms with Crippen LogP contribution >= 0.6 is 0 Å². The molecule has 0 radical (unpaired) electrons. The van der Waals surface area contributed by atoms with Gasteiger partial charge in [0.15, 0.2) is 0 Å². The van der Waals surface area contributed by atoms with Crippen LogP contribution in [-0.4, -0.2) is 29.0 Å². The Hall–Kier alpha value is -2.43. The number of hydrogen-bond donors (Lipinski definition) is 1. The van der Waals surface area contributed by atoms with E-state index in [1.165, 1.54) is 0 Å². The van der Waals surface area contributed by atoms with Crippen molar-refractivity contribution in [2.45, 2.75) is 20.8 Å². The Morgan fingerprint density at radius 3 is 2.67 bits per heavy atom. The summed E-state index contributed by atoms with van der Waals surface area (Å²) in [6.45, 7) is 7.66. The molecule has 1 aromatic heterocycles. The van der Waals surface area contributed by atoms with Gasteiger partial charge in [0.2, 0.25) is 5.95 Å². The minimum absolute atomic E-state index is 0.226. The Labute approximate surface area is 125 Å². The first-order valence-corrected chi connectivity index (χ1v) is 7.10. The Bertz CT molecular complexity index is 623. The zero-order valence-electron chi connectivity index (χ0n) is 12.6. The van der Waals surface area contributed by atoms with Crippen LogP contribution in [0.2, 0.25) is 0 Å². The molecular formula is C16H20N4O. The van der Waals surface area contributed by atoms with Gasteiger partial charge in [-0.15, -0.1) is 0 Å². The molecule has 0 spiro atoms. The largest absolute Gasteiger partial charge is 0.341 e. The monoisotopic (exact) mass is 284 g/mol. The number of nitrogens with one attached hydrogen (secondary N) is 1. The average Bonchev–Trinajstić information content (AvgIpc) is 2.49. The molecule has 0 aliphatic heterocycles. The number of aromatic nitrogens is 2. The van der Waals surface area contributed by atoms with Crippen molar-refractivity contribution in [1.82, 2.24) is 9.97 Å². The zero-order chi connectivity index (χ0) is 15.2. The van der Waals surface area contributed by atoms with E-state index in [2.05, 4.69) is 15.3 Å². The number of hydrogen-bond acceptors (Lipinski definition) is 4. The fraction of sp³-hybridized carbons (Fsp3) is 0.312. The van der Waals surface area contributed by atoms with Gasteiger partial charge < -0.3 is 10.2 Å². The number of nitrogens with zero attached hydrogens (tertiary/aromatic N) is 3. The Balaban J connectivity index is 2.18. The van der Waals surface area contributed by atoms with Crippen LogP contribution in [0.3, 0.4) is 0 Å². The summed E-state index contributed by atoms with van der Waals surface area (Å²) in [6, 6.07) is 9.30. The minimum Gasteiger partial charge on any atom is -0.341 e. The summed E-state index contributed by atoms with van der Waals surface area (Å²) in [5.74, 6) is 0.355. The zero-order valence-corrected chi connectivity index (χ0v) is 12.6. The summed E-state index contributed by atoms with van der Waals surface area (Å²) in [6.07, 6.45) is 1.62. The number of carbonyl (C=O) groups is 1. The van der Waals surface area contributed by atoms with Crippen molar-refractivity contribution < 1.29 is 4.79 Å². The van der Waals surface area contributed by atoms with E-state index in [-0.39, 0.29) is 5.91 Å². The molecule has 0 saturated carbocycles. The van der Waals surface area contributed by atoms with E-state index in [9.17, 15) is 4.79 Å². The number of amides is 1. The Morgan fingerprint density at radius 1 is 1.24 bits per heavy atom. The number of anilines is 2. The van der Waals surface area contributed by atoms with Gasteiger partial charge in [-0.25, -0.2) is 9.97 Å². The van der Waals surface area contributed by atoms with Crippen LogP contribution in [0.15, 0.2) is 36.5 Å². The van der Waals surface area contributed by atoms with Crippen molar-refractivity contribution in [3.05, 3.63) is 47.8 Å². The molecule has 1 amide bonds. The maximum atomic E-state index is 12.3. The predicted molar refractivity (Wildman–Crippen MR) is 84.7 cm³/mol. The minimum atomic E-state index is -0.226. The van der Waals surface area contributed by atoms with Crippen molar-refractivity contribution in [3.63, 3.8) is 0 Å². The molecule has 110 valence electrons. The number of rotatable bonds is 5. The van der Waals surface area contributed by atoms with Crippen LogP contribution in [0.1, 0.15) is 29.9 Å². The molecule has 1 N–H and O–H groups in total. The number of aryl methyl sites for hydroxylation is 1. The van der Waals surface area contributed by atoms with Crippen LogP contribution in [0.5, 0.6) is 0 Å². The molecule has 1 aromatic carbocycles. The first-order chi connectivity index (χ1) is 10.1. The van der Waals surface area contributed by atoms with Crippen molar-refractivity contribution in [2.75, 3.05) is 23.3 Å². The SMILES string of the molecule is CCN(CC)c1nccc(C(=O)Nc2cccc(C)c2)n1. The standard InChI is InChI=1S/C16H20N4O/c1-4-20(5-2)16-17-10-9-14(19-16)15(21)18-13-8-6-7-12(3)11-13/h6-11H,4-5H2,1-3H3,(H,18,21). The Kier molecular flexibility index (Phi) is 4.87. The van der Waals surface area contributed by atoms with Gasteiger partial charge in [0, 0.05) is 25.0 Å². The maximum Gasteiger partial charge on any atom is 0.274 e. The third-order valence-electron chi connectivity index (χ3n) is 3.20. The molecular weight excluding hydrogens is 264 g/mol. The number of carbonyl (C=O) groups excluding carboxylic acids is 1. The summed E-state index contributed by atoms with van der Waals surface area (Å²) in [5, 5.41) is 2.85. The molecule has 0 aliphatic carbocycles. The quantitative estimate of drug-likeness (QED) is 0.917. The molecule has 2 aromatic rings. The van der Waals surface area contributed by atoms with Crippen LogP contribution in [0.25, 0.3) is 0 Å².